The van der Waals surface area contributed by atoms with Crippen molar-refractivity contribution in [3.8, 4) is 16.9 Å². The third-order valence-corrected chi connectivity index (χ3v) is 6.86. The predicted molar refractivity (Wildman–Crippen MR) is 120 cm³/mol. The van der Waals surface area contributed by atoms with Crippen molar-refractivity contribution in [3.05, 3.63) is 47.8 Å². The van der Waals surface area contributed by atoms with Gasteiger partial charge in [-0.2, -0.15) is 0 Å². The minimum absolute atomic E-state index is 0.0640. The number of amides is 2. The van der Waals surface area contributed by atoms with Gasteiger partial charge in [-0.25, -0.2) is 4.98 Å². The van der Waals surface area contributed by atoms with Crippen LogP contribution in [0.25, 0.3) is 22.2 Å². The first kappa shape index (κ1) is 19.3. The standard InChI is InChI=1S/C24H25N5O3/c1-28-12-16-3-4-17(13-28)29(16)24(31)15-8-19-20(11-27-22(19)26-10-15)14-2-5-18-21(9-14)32-7-6-25-23(18)30/h2,5,8-11,16-17H,3-4,6-7,12-13H2,1H3,(H,25,30)(H,26,27). The Morgan fingerprint density at radius 1 is 1.16 bits per heavy atom. The summed E-state index contributed by atoms with van der Waals surface area (Å²) in [5.74, 6) is 0.509. The van der Waals surface area contributed by atoms with Crippen molar-refractivity contribution < 1.29 is 14.3 Å². The van der Waals surface area contributed by atoms with Gasteiger partial charge in [0.1, 0.15) is 18.0 Å². The topological polar surface area (TPSA) is 90.6 Å². The van der Waals surface area contributed by atoms with Crippen molar-refractivity contribution in [2.45, 2.75) is 24.9 Å². The van der Waals surface area contributed by atoms with Crippen molar-refractivity contribution in [3.63, 3.8) is 0 Å². The lowest BCUT2D eigenvalue weighted by molar-refractivity contribution is 0.0472. The summed E-state index contributed by atoms with van der Waals surface area (Å²) in [6.45, 7) is 2.77. The Labute approximate surface area is 185 Å². The molecule has 1 aromatic carbocycles. The van der Waals surface area contributed by atoms with Gasteiger partial charge in [0.2, 0.25) is 0 Å². The Kier molecular flexibility index (Phi) is 4.43. The molecule has 8 nitrogen and oxygen atoms in total. The zero-order chi connectivity index (χ0) is 21.8. The average Bonchev–Trinajstić information content (AvgIpc) is 3.27. The number of aromatic nitrogens is 2. The quantitative estimate of drug-likeness (QED) is 0.650. The average molecular weight is 431 g/mol. The maximum atomic E-state index is 13.4. The maximum absolute atomic E-state index is 13.4. The summed E-state index contributed by atoms with van der Waals surface area (Å²) >= 11 is 0. The minimum atomic E-state index is -0.126. The first-order chi connectivity index (χ1) is 15.6. The molecule has 0 spiro atoms. The number of hydrogen-bond acceptors (Lipinski definition) is 5. The number of nitrogens with one attached hydrogen (secondary N) is 2. The van der Waals surface area contributed by atoms with Crippen LogP contribution in [0.3, 0.4) is 0 Å². The van der Waals surface area contributed by atoms with Gasteiger partial charge in [0.15, 0.2) is 0 Å². The van der Waals surface area contributed by atoms with Crippen molar-refractivity contribution in [1.82, 2.24) is 25.1 Å². The zero-order valence-electron chi connectivity index (χ0n) is 17.9. The fourth-order valence-electron chi connectivity index (χ4n) is 5.37. The molecule has 32 heavy (non-hydrogen) atoms. The normalized spacial score (nSPS) is 22.9. The third kappa shape index (κ3) is 3.05. The van der Waals surface area contributed by atoms with E-state index in [0.29, 0.717) is 30.0 Å². The van der Waals surface area contributed by atoms with Gasteiger partial charge in [-0.3, -0.25) is 9.59 Å². The molecule has 3 aromatic rings. The van der Waals surface area contributed by atoms with Crippen molar-refractivity contribution in [1.29, 1.82) is 0 Å². The number of fused-ring (bicyclic) bond motifs is 4. The summed E-state index contributed by atoms with van der Waals surface area (Å²) in [6.07, 6.45) is 5.69. The number of carbonyl (C=O) groups excluding carboxylic acids is 2. The van der Waals surface area contributed by atoms with E-state index in [-0.39, 0.29) is 23.9 Å². The molecule has 5 heterocycles. The van der Waals surface area contributed by atoms with Gasteiger partial charge in [0.25, 0.3) is 11.8 Å². The lowest BCUT2D eigenvalue weighted by atomic mass is 10.0. The summed E-state index contributed by atoms with van der Waals surface area (Å²) in [5.41, 5.74) is 3.72. The van der Waals surface area contributed by atoms with Gasteiger partial charge in [0, 0.05) is 48.5 Å². The molecule has 8 heteroatoms. The van der Waals surface area contributed by atoms with E-state index in [1.54, 1.807) is 12.3 Å². The van der Waals surface area contributed by atoms with Gasteiger partial charge in [-0.1, -0.05) is 6.07 Å². The van der Waals surface area contributed by atoms with Crippen LogP contribution in [-0.4, -0.2) is 77.0 Å². The molecule has 0 saturated carbocycles. The second kappa shape index (κ2) is 7.34. The van der Waals surface area contributed by atoms with E-state index < -0.39 is 0 Å². The van der Waals surface area contributed by atoms with Gasteiger partial charge < -0.3 is 24.8 Å². The van der Waals surface area contributed by atoms with Crippen molar-refractivity contribution in [2.24, 2.45) is 0 Å². The van der Waals surface area contributed by atoms with Gasteiger partial charge in [-0.15, -0.1) is 0 Å². The van der Waals surface area contributed by atoms with Crippen LogP contribution in [-0.2, 0) is 0 Å². The Hall–Kier alpha value is -3.39. The van der Waals surface area contributed by atoms with Crippen LogP contribution >= 0.6 is 0 Å². The number of H-pyrrole nitrogens is 1. The predicted octanol–water partition coefficient (Wildman–Crippen LogP) is 2.27. The second-order valence-corrected chi connectivity index (χ2v) is 8.96. The van der Waals surface area contributed by atoms with E-state index in [9.17, 15) is 9.59 Å². The van der Waals surface area contributed by atoms with E-state index in [4.69, 9.17) is 4.74 Å². The van der Waals surface area contributed by atoms with Crippen LogP contribution in [0.1, 0.15) is 33.6 Å². The monoisotopic (exact) mass is 431 g/mol. The zero-order valence-corrected chi connectivity index (χ0v) is 17.9. The van der Waals surface area contributed by atoms with E-state index in [2.05, 4.69) is 32.1 Å². The highest BCUT2D eigenvalue weighted by molar-refractivity contribution is 6.02. The summed E-state index contributed by atoms with van der Waals surface area (Å²) in [7, 11) is 2.13. The highest BCUT2D eigenvalue weighted by atomic mass is 16.5. The number of benzene rings is 1. The Morgan fingerprint density at radius 2 is 1.97 bits per heavy atom. The number of aromatic amines is 1. The first-order valence-corrected chi connectivity index (χ1v) is 11.1. The fourth-order valence-corrected chi connectivity index (χ4v) is 5.37. The molecule has 0 radical (unpaired) electrons. The fraction of sp³-hybridized carbons (Fsp3) is 0.375. The summed E-state index contributed by atoms with van der Waals surface area (Å²) < 4.78 is 5.78. The smallest absolute Gasteiger partial charge is 0.256 e. The van der Waals surface area contributed by atoms with Gasteiger partial charge >= 0.3 is 0 Å². The molecule has 3 aliphatic rings. The molecule has 164 valence electrons. The number of likely N-dealkylation sites (N-methyl/N-ethyl adjacent to an activating group) is 1. The molecule has 2 amide bonds. The molecule has 3 aliphatic heterocycles. The van der Waals surface area contributed by atoms with E-state index >= 15 is 0 Å². The van der Waals surface area contributed by atoms with Crippen molar-refractivity contribution in [2.75, 3.05) is 33.3 Å². The van der Waals surface area contributed by atoms with Crippen LogP contribution in [0.2, 0.25) is 0 Å². The molecule has 2 N–H and O–H groups in total. The number of piperazine rings is 1. The highest BCUT2D eigenvalue weighted by Crippen LogP contribution is 2.34. The largest absolute Gasteiger partial charge is 0.491 e. The highest BCUT2D eigenvalue weighted by Gasteiger charge is 2.41. The van der Waals surface area contributed by atoms with E-state index in [1.807, 2.05) is 24.4 Å². The molecule has 2 aromatic heterocycles. The molecule has 0 aliphatic carbocycles. The molecular formula is C24H25N5O3. The Morgan fingerprint density at radius 3 is 2.78 bits per heavy atom. The number of ether oxygens (including phenoxy) is 1. The minimum Gasteiger partial charge on any atom is -0.491 e. The molecule has 6 rings (SSSR count). The molecule has 2 bridgehead atoms. The summed E-state index contributed by atoms with van der Waals surface area (Å²) in [6, 6.07) is 8.08. The summed E-state index contributed by atoms with van der Waals surface area (Å²) in [5, 5.41) is 3.71. The second-order valence-electron chi connectivity index (χ2n) is 8.96. The number of pyridine rings is 1. The van der Waals surface area contributed by atoms with E-state index in [0.717, 1.165) is 48.1 Å². The SMILES string of the molecule is CN1CC2CCC(C1)N2C(=O)c1cnc2[nH]cc(-c3ccc4c(c3)OCCNC4=O)c2c1. The number of hydrogen-bond donors (Lipinski definition) is 2. The van der Waals surface area contributed by atoms with Crippen LogP contribution in [0, 0.1) is 0 Å². The molecule has 2 saturated heterocycles. The molecule has 2 unspecified atom stereocenters. The van der Waals surface area contributed by atoms with Crippen molar-refractivity contribution >= 4 is 22.8 Å². The van der Waals surface area contributed by atoms with Gasteiger partial charge in [-0.05, 0) is 43.7 Å². The molecular weight excluding hydrogens is 406 g/mol. The third-order valence-electron chi connectivity index (χ3n) is 6.86. The summed E-state index contributed by atoms with van der Waals surface area (Å²) in [4.78, 5) is 37.8. The lowest BCUT2D eigenvalue weighted by Crippen LogP contribution is -2.54. The van der Waals surface area contributed by atoms with Crippen LogP contribution in [0.4, 0.5) is 0 Å². The van der Waals surface area contributed by atoms with Crippen LogP contribution in [0.15, 0.2) is 36.7 Å². The van der Waals surface area contributed by atoms with Crippen LogP contribution in [0.5, 0.6) is 5.75 Å². The first-order valence-electron chi connectivity index (χ1n) is 11.1. The molecule has 2 atom stereocenters. The maximum Gasteiger partial charge on any atom is 0.256 e. The number of nitrogens with zero attached hydrogens (tertiary/aromatic N) is 3. The van der Waals surface area contributed by atoms with Crippen LogP contribution < -0.4 is 10.1 Å². The van der Waals surface area contributed by atoms with E-state index in [1.165, 1.54) is 0 Å². The number of rotatable bonds is 2. The van der Waals surface area contributed by atoms with Gasteiger partial charge in [0.05, 0.1) is 17.7 Å². The number of likely N-dealkylation sites (tertiary alicyclic amines) is 1. The lowest BCUT2D eigenvalue weighted by Gasteiger charge is -2.39. The molecule has 2 fully saturated rings. The Balaban J connectivity index is 1.37. The Bertz CT molecular complexity index is 1220. The number of carbonyl (C=O) groups is 2.